The van der Waals surface area contributed by atoms with Gasteiger partial charge in [-0.15, -0.1) is 0 Å². The van der Waals surface area contributed by atoms with E-state index in [1.807, 2.05) is 0 Å². The number of ether oxygens (including phenoxy) is 2. The third-order valence-corrected chi connectivity index (χ3v) is 6.46. The van der Waals surface area contributed by atoms with Crippen LogP contribution in [0.15, 0.2) is 46.4 Å². The van der Waals surface area contributed by atoms with Gasteiger partial charge in [-0.1, -0.05) is 35.3 Å². The van der Waals surface area contributed by atoms with E-state index < -0.39 is 22.5 Å². The number of hydrogen-bond acceptors (Lipinski definition) is 6. The number of likely N-dealkylation sites (N-methyl/N-ethyl adjacent to an activating group) is 1. The van der Waals surface area contributed by atoms with E-state index in [1.54, 1.807) is 24.3 Å². The van der Waals surface area contributed by atoms with Crippen molar-refractivity contribution in [2.45, 2.75) is 4.90 Å². The quantitative estimate of drug-likeness (QED) is 0.483. The molecule has 1 N–H and O–H groups in total. The second-order valence-corrected chi connectivity index (χ2v) is 8.51. The van der Waals surface area contributed by atoms with Crippen LogP contribution in [0, 0.1) is 0 Å². The maximum Gasteiger partial charge on any atom is 0.255 e. The number of hydrazone groups is 1. The van der Waals surface area contributed by atoms with Gasteiger partial charge in [0.15, 0.2) is 0 Å². The summed E-state index contributed by atoms with van der Waals surface area (Å²) in [4.78, 5) is 12.0. The van der Waals surface area contributed by atoms with Gasteiger partial charge in [0.2, 0.25) is 10.0 Å². The molecule has 2 aromatic rings. The van der Waals surface area contributed by atoms with Crippen molar-refractivity contribution in [3.05, 3.63) is 52.0 Å². The SMILES string of the molecule is COc1ccc(OC)c(S(=O)(=O)N(C)CC(=O)N/N=C/c2cccc(Cl)c2Cl)c1. The van der Waals surface area contributed by atoms with Gasteiger partial charge in [0, 0.05) is 18.7 Å². The molecule has 2 aromatic carbocycles. The first kappa shape index (κ1) is 23.0. The lowest BCUT2D eigenvalue weighted by Gasteiger charge is -2.18. The van der Waals surface area contributed by atoms with E-state index in [1.165, 1.54) is 39.6 Å². The van der Waals surface area contributed by atoms with Crippen LogP contribution in [0.1, 0.15) is 5.56 Å². The van der Waals surface area contributed by atoms with Gasteiger partial charge in [-0.2, -0.15) is 9.41 Å². The van der Waals surface area contributed by atoms with Crippen LogP contribution < -0.4 is 14.9 Å². The monoisotopic (exact) mass is 459 g/mol. The number of benzene rings is 2. The minimum absolute atomic E-state index is 0.121. The fraction of sp³-hybridized carbons (Fsp3) is 0.222. The zero-order valence-corrected chi connectivity index (χ0v) is 18.2. The van der Waals surface area contributed by atoms with Crippen molar-refractivity contribution in [3.63, 3.8) is 0 Å². The zero-order chi connectivity index (χ0) is 21.6. The third-order valence-electron chi connectivity index (χ3n) is 3.80. The van der Waals surface area contributed by atoms with Crippen molar-refractivity contribution in [3.8, 4) is 11.5 Å². The van der Waals surface area contributed by atoms with Crippen molar-refractivity contribution in [2.75, 3.05) is 27.8 Å². The maximum atomic E-state index is 12.8. The maximum absolute atomic E-state index is 12.8. The summed E-state index contributed by atoms with van der Waals surface area (Å²) in [5, 5.41) is 4.41. The lowest BCUT2D eigenvalue weighted by atomic mass is 10.2. The molecule has 0 atom stereocenters. The number of carbonyl (C=O) groups excluding carboxylic acids is 1. The molecule has 0 unspecified atom stereocenters. The molecule has 0 bridgehead atoms. The lowest BCUT2D eigenvalue weighted by Crippen LogP contribution is -2.36. The van der Waals surface area contributed by atoms with Crippen molar-refractivity contribution in [1.29, 1.82) is 0 Å². The van der Waals surface area contributed by atoms with Gasteiger partial charge in [0.05, 0.1) is 37.0 Å². The number of halogens is 2. The molecule has 0 aliphatic carbocycles. The first-order valence-corrected chi connectivity index (χ1v) is 10.3. The fourth-order valence-corrected chi connectivity index (χ4v) is 3.92. The summed E-state index contributed by atoms with van der Waals surface area (Å²) in [6.07, 6.45) is 1.31. The molecule has 29 heavy (non-hydrogen) atoms. The molecule has 11 heteroatoms. The highest BCUT2D eigenvalue weighted by atomic mass is 35.5. The summed E-state index contributed by atoms with van der Waals surface area (Å²) in [5.41, 5.74) is 2.75. The molecule has 8 nitrogen and oxygen atoms in total. The second kappa shape index (κ2) is 9.93. The highest BCUT2D eigenvalue weighted by Gasteiger charge is 2.27. The Morgan fingerprint density at radius 1 is 1.21 bits per heavy atom. The number of methoxy groups -OCH3 is 2. The Hall–Kier alpha value is -2.33. The zero-order valence-electron chi connectivity index (χ0n) is 15.8. The molecular formula is C18H19Cl2N3O5S. The van der Waals surface area contributed by atoms with Crippen molar-refractivity contribution in [2.24, 2.45) is 5.10 Å². The van der Waals surface area contributed by atoms with Gasteiger partial charge in [-0.25, -0.2) is 13.8 Å². The topological polar surface area (TPSA) is 97.3 Å². The molecule has 0 spiro atoms. The summed E-state index contributed by atoms with van der Waals surface area (Å²) < 4.78 is 36.7. The highest BCUT2D eigenvalue weighted by Crippen LogP contribution is 2.30. The molecule has 0 radical (unpaired) electrons. The lowest BCUT2D eigenvalue weighted by molar-refractivity contribution is -0.121. The average Bonchev–Trinajstić information content (AvgIpc) is 2.70. The number of carbonyl (C=O) groups is 1. The Morgan fingerprint density at radius 2 is 1.93 bits per heavy atom. The van der Waals surface area contributed by atoms with Crippen molar-refractivity contribution in [1.82, 2.24) is 9.73 Å². The highest BCUT2D eigenvalue weighted by molar-refractivity contribution is 7.89. The number of nitrogens with one attached hydrogen (secondary N) is 1. The van der Waals surface area contributed by atoms with E-state index in [0.29, 0.717) is 16.3 Å². The van der Waals surface area contributed by atoms with Crippen LogP contribution in [0.25, 0.3) is 0 Å². The van der Waals surface area contributed by atoms with E-state index in [-0.39, 0.29) is 15.7 Å². The van der Waals surface area contributed by atoms with Gasteiger partial charge >= 0.3 is 0 Å². The molecule has 0 fully saturated rings. The molecule has 0 heterocycles. The Balaban J connectivity index is 2.10. The minimum Gasteiger partial charge on any atom is -0.497 e. The molecule has 156 valence electrons. The summed E-state index contributed by atoms with van der Waals surface area (Å²) in [6.45, 7) is -0.469. The Kier molecular flexibility index (Phi) is 7.86. The molecule has 0 aliphatic heterocycles. The largest absolute Gasteiger partial charge is 0.497 e. The number of rotatable bonds is 8. The molecule has 0 saturated carbocycles. The third kappa shape index (κ3) is 5.60. The van der Waals surface area contributed by atoms with Gasteiger partial charge in [-0.3, -0.25) is 4.79 Å². The number of hydrogen-bond donors (Lipinski definition) is 1. The van der Waals surface area contributed by atoms with Crippen LogP contribution in [-0.2, 0) is 14.8 Å². The van der Waals surface area contributed by atoms with Crippen LogP contribution in [0.4, 0.5) is 0 Å². The van der Waals surface area contributed by atoms with Gasteiger partial charge in [0.25, 0.3) is 5.91 Å². The first-order chi connectivity index (χ1) is 13.7. The Labute approximate surface area is 179 Å². The molecule has 0 aromatic heterocycles. The van der Waals surface area contributed by atoms with E-state index in [9.17, 15) is 13.2 Å². The molecular weight excluding hydrogens is 441 g/mol. The van der Waals surface area contributed by atoms with E-state index in [4.69, 9.17) is 32.7 Å². The van der Waals surface area contributed by atoms with Gasteiger partial charge in [-0.05, 0) is 18.2 Å². The molecule has 1 amide bonds. The summed E-state index contributed by atoms with van der Waals surface area (Å²) in [5.74, 6) is -0.177. The van der Waals surface area contributed by atoms with Gasteiger partial charge < -0.3 is 9.47 Å². The van der Waals surface area contributed by atoms with E-state index >= 15 is 0 Å². The van der Waals surface area contributed by atoms with Crippen molar-refractivity contribution >= 4 is 45.3 Å². The van der Waals surface area contributed by atoms with Crippen LogP contribution in [0.2, 0.25) is 10.0 Å². The first-order valence-electron chi connectivity index (χ1n) is 8.15. The standard InChI is InChI=1S/C18H19Cl2N3O5S/c1-23(29(25,26)16-9-13(27-2)7-8-15(16)28-3)11-17(24)22-21-10-12-5-4-6-14(19)18(12)20/h4-10H,11H2,1-3H3,(H,22,24)/b21-10+. The smallest absolute Gasteiger partial charge is 0.255 e. The summed E-state index contributed by atoms with van der Waals surface area (Å²) in [7, 11) is 0.0140. The molecule has 0 saturated heterocycles. The van der Waals surface area contributed by atoms with Crippen LogP contribution >= 0.6 is 23.2 Å². The fourth-order valence-electron chi connectivity index (χ4n) is 2.27. The van der Waals surface area contributed by atoms with Crippen LogP contribution in [-0.4, -0.2) is 52.7 Å². The van der Waals surface area contributed by atoms with Gasteiger partial charge in [0.1, 0.15) is 16.4 Å². The normalized spacial score (nSPS) is 11.7. The second-order valence-electron chi connectivity index (χ2n) is 5.71. The minimum atomic E-state index is -4.02. The van der Waals surface area contributed by atoms with E-state index in [2.05, 4.69) is 10.5 Å². The molecule has 0 aliphatic rings. The van der Waals surface area contributed by atoms with Crippen LogP contribution in [0.3, 0.4) is 0 Å². The predicted molar refractivity (Wildman–Crippen MR) is 112 cm³/mol. The van der Waals surface area contributed by atoms with E-state index in [0.717, 1.165) is 4.31 Å². The predicted octanol–water partition coefficient (Wildman–Crippen LogP) is 2.78. The number of amides is 1. The van der Waals surface area contributed by atoms with Crippen LogP contribution in [0.5, 0.6) is 11.5 Å². The van der Waals surface area contributed by atoms with Crippen molar-refractivity contribution < 1.29 is 22.7 Å². The number of nitrogens with zero attached hydrogens (tertiary/aromatic N) is 2. The number of sulfonamides is 1. The Morgan fingerprint density at radius 3 is 2.59 bits per heavy atom. The summed E-state index contributed by atoms with van der Waals surface area (Å²) >= 11 is 11.9. The molecule has 2 rings (SSSR count). The average molecular weight is 460 g/mol. The summed E-state index contributed by atoms with van der Waals surface area (Å²) in [6, 6.07) is 9.32. The Bertz CT molecular complexity index is 1030.